The summed E-state index contributed by atoms with van der Waals surface area (Å²) < 4.78 is 17.0. The van der Waals surface area contributed by atoms with Crippen LogP contribution in [0.25, 0.3) is 10.9 Å². The van der Waals surface area contributed by atoms with Crippen LogP contribution in [-0.2, 0) is 0 Å². The lowest BCUT2D eigenvalue weighted by molar-refractivity contribution is 0.0695. The van der Waals surface area contributed by atoms with Crippen molar-refractivity contribution in [3.63, 3.8) is 0 Å². The van der Waals surface area contributed by atoms with Gasteiger partial charge in [-0.3, -0.25) is 4.79 Å². The highest BCUT2D eigenvalue weighted by Gasteiger charge is 2.30. The van der Waals surface area contributed by atoms with Crippen LogP contribution in [0.5, 0.6) is 0 Å². The average molecular weight is 373 g/mol. The van der Waals surface area contributed by atoms with E-state index in [2.05, 4.69) is 0 Å². The van der Waals surface area contributed by atoms with Gasteiger partial charge in [0, 0.05) is 36.8 Å². The molecule has 2 aliphatic rings. The van der Waals surface area contributed by atoms with Crippen molar-refractivity contribution in [1.29, 1.82) is 0 Å². The fourth-order valence-electron chi connectivity index (χ4n) is 4.23. The smallest absolute Gasteiger partial charge is 0.341 e. The predicted octanol–water partition coefficient (Wildman–Crippen LogP) is 2.80. The summed E-state index contributed by atoms with van der Waals surface area (Å²) in [6, 6.07) is 1.36. The lowest BCUT2D eigenvalue weighted by Gasteiger charge is -2.28. The first-order valence-corrected chi connectivity index (χ1v) is 9.50. The molecule has 1 aliphatic heterocycles. The minimum Gasteiger partial charge on any atom is -0.477 e. The van der Waals surface area contributed by atoms with Crippen molar-refractivity contribution < 1.29 is 14.3 Å². The first kappa shape index (κ1) is 18.0. The van der Waals surface area contributed by atoms with Crippen LogP contribution in [0.1, 0.15) is 54.1 Å². The molecule has 1 aromatic carbocycles. The van der Waals surface area contributed by atoms with Gasteiger partial charge in [-0.2, -0.15) is 0 Å². The molecule has 2 aromatic rings. The average Bonchev–Trinajstić information content (AvgIpc) is 3.44. The Bertz CT molecular complexity index is 981. The molecular formula is C20H24FN3O3. The highest BCUT2D eigenvalue weighted by atomic mass is 19.1. The molecular weight excluding hydrogens is 349 g/mol. The molecule has 6 nitrogen and oxygen atoms in total. The second-order valence-electron chi connectivity index (χ2n) is 7.75. The van der Waals surface area contributed by atoms with E-state index in [0.717, 1.165) is 38.6 Å². The number of carbonyl (C=O) groups is 1. The van der Waals surface area contributed by atoms with Gasteiger partial charge >= 0.3 is 5.97 Å². The van der Waals surface area contributed by atoms with E-state index in [9.17, 15) is 14.7 Å². The normalized spacial score (nSPS) is 20.7. The molecule has 0 spiro atoms. The van der Waals surface area contributed by atoms with Crippen molar-refractivity contribution in [2.75, 3.05) is 18.0 Å². The van der Waals surface area contributed by atoms with Crippen molar-refractivity contribution in [3.05, 3.63) is 39.4 Å². The lowest BCUT2D eigenvalue weighted by atomic mass is 10.0. The number of anilines is 1. The Morgan fingerprint density at radius 1 is 1.30 bits per heavy atom. The molecule has 1 atom stereocenters. The van der Waals surface area contributed by atoms with Crippen molar-refractivity contribution in [3.8, 4) is 0 Å². The summed E-state index contributed by atoms with van der Waals surface area (Å²) >= 11 is 0. The first-order chi connectivity index (χ1) is 12.9. The number of fused-ring (bicyclic) bond motifs is 1. The van der Waals surface area contributed by atoms with Crippen LogP contribution >= 0.6 is 0 Å². The third-order valence-electron chi connectivity index (χ3n) is 5.67. The highest BCUT2D eigenvalue weighted by Crippen LogP contribution is 2.40. The maximum absolute atomic E-state index is 15.1. The van der Waals surface area contributed by atoms with Gasteiger partial charge in [0.2, 0.25) is 5.43 Å². The number of carboxylic acid groups (broad SMARTS) is 1. The van der Waals surface area contributed by atoms with E-state index >= 15 is 4.39 Å². The quantitative estimate of drug-likeness (QED) is 0.864. The zero-order chi connectivity index (χ0) is 19.3. The second-order valence-corrected chi connectivity index (χ2v) is 7.75. The van der Waals surface area contributed by atoms with E-state index in [-0.39, 0.29) is 23.0 Å². The summed E-state index contributed by atoms with van der Waals surface area (Å²) in [5, 5.41) is 9.52. The molecule has 1 saturated heterocycles. The van der Waals surface area contributed by atoms with Crippen molar-refractivity contribution >= 4 is 22.6 Å². The number of benzene rings is 1. The van der Waals surface area contributed by atoms with Gasteiger partial charge in [0.05, 0.1) is 11.2 Å². The molecule has 7 heteroatoms. The fourth-order valence-corrected chi connectivity index (χ4v) is 4.23. The minimum absolute atomic E-state index is 0.0120. The molecule has 0 radical (unpaired) electrons. The molecule has 1 saturated carbocycles. The highest BCUT2D eigenvalue weighted by molar-refractivity contribution is 5.95. The summed E-state index contributed by atoms with van der Waals surface area (Å²) in [5.74, 6) is -1.77. The molecule has 3 N–H and O–H groups in total. The molecule has 144 valence electrons. The number of hydrogen-bond donors (Lipinski definition) is 2. The van der Waals surface area contributed by atoms with Crippen LogP contribution in [0.2, 0.25) is 0 Å². The number of aromatic nitrogens is 1. The number of carboxylic acids is 1. The number of rotatable bonds is 3. The number of pyridine rings is 1. The van der Waals surface area contributed by atoms with E-state index < -0.39 is 17.2 Å². The summed E-state index contributed by atoms with van der Waals surface area (Å²) in [6.45, 7) is 3.11. The van der Waals surface area contributed by atoms with Crippen molar-refractivity contribution in [1.82, 2.24) is 4.57 Å². The third-order valence-corrected chi connectivity index (χ3v) is 5.67. The Labute approximate surface area is 156 Å². The number of hydrogen-bond acceptors (Lipinski definition) is 4. The zero-order valence-electron chi connectivity index (χ0n) is 15.4. The van der Waals surface area contributed by atoms with Gasteiger partial charge in [-0.25, -0.2) is 9.18 Å². The molecule has 0 unspecified atom stereocenters. The van der Waals surface area contributed by atoms with E-state index in [1.54, 1.807) is 0 Å². The number of nitrogens with two attached hydrogens (primary N) is 1. The number of aryl methyl sites for hydroxylation is 1. The van der Waals surface area contributed by atoms with Gasteiger partial charge < -0.3 is 20.3 Å². The minimum atomic E-state index is -1.28. The summed E-state index contributed by atoms with van der Waals surface area (Å²) in [5.41, 5.74) is 7.02. The largest absolute Gasteiger partial charge is 0.477 e. The van der Waals surface area contributed by atoms with Crippen LogP contribution in [0.4, 0.5) is 10.1 Å². The number of halogens is 1. The number of nitrogens with zero attached hydrogens (tertiary/aromatic N) is 2. The van der Waals surface area contributed by atoms with Crippen LogP contribution < -0.4 is 16.1 Å². The van der Waals surface area contributed by atoms with E-state index in [0.29, 0.717) is 23.3 Å². The van der Waals surface area contributed by atoms with Crippen LogP contribution in [-0.4, -0.2) is 34.8 Å². The molecule has 0 amide bonds. The Morgan fingerprint density at radius 2 is 2.04 bits per heavy atom. The van der Waals surface area contributed by atoms with Gasteiger partial charge in [0.25, 0.3) is 0 Å². The van der Waals surface area contributed by atoms with Gasteiger partial charge in [-0.05, 0) is 44.2 Å². The van der Waals surface area contributed by atoms with Crippen LogP contribution in [0, 0.1) is 12.7 Å². The molecule has 1 aromatic heterocycles. The number of aromatic carboxylic acids is 1. The summed E-state index contributed by atoms with van der Waals surface area (Å²) in [6.07, 6.45) is 6.15. The standard InChI is InChI=1S/C20H24FN3O3/c1-11-17-14(19(25)15(20(26)27)10-24(17)13-5-6-13)8-16(21)18(11)23-7-3-2-4-12(22)9-23/h8,10,12-13H,2-7,9,22H2,1H3,(H,26,27)/t12-/m1/s1. The summed E-state index contributed by atoms with van der Waals surface area (Å²) in [4.78, 5) is 26.1. The second kappa shape index (κ2) is 6.64. The SMILES string of the molecule is Cc1c(N2CCCC[C@@H](N)C2)c(F)cc2c(=O)c(C(=O)O)cn(C3CC3)c12. The Morgan fingerprint density at radius 3 is 2.70 bits per heavy atom. The molecule has 2 heterocycles. The van der Waals surface area contributed by atoms with Crippen molar-refractivity contribution in [2.45, 2.75) is 51.1 Å². The third kappa shape index (κ3) is 3.10. The zero-order valence-corrected chi connectivity index (χ0v) is 15.4. The Hall–Kier alpha value is -2.41. The van der Waals surface area contributed by atoms with Crippen molar-refractivity contribution in [2.24, 2.45) is 5.73 Å². The van der Waals surface area contributed by atoms with Crippen LogP contribution in [0.15, 0.2) is 17.1 Å². The van der Waals surface area contributed by atoms with E-state index in [1.165, 1.54) is 12.3 Å². The molecule has 2 fully saturated rings. The monoisotopic (exact) mass is 373 g/mol. The molecule has 4 rings (SSSR count). The molecule has 1 aliphatic carbocycles. The summed E-state index contributed by atoms with van der Waals surface area (Å²) in [7, 11) is 0. The Balaban J connectivity index is 1.98. The van der Waals surface area contributed by atoms with E-state index in [1.807, 2.05) is 16.4 Å². The van der Waals surface area contributed by atoms with E-state index in [4.69, 9.17) is 5.73 Å². The van der Waals surface area contributed by atoms with Crippen LogP contribution in [0.3, 0.4) is 0 Å². The first-order valence-electron chi connectivity index (χ1n) is 9.50. The van der Waals surface area contributed by atoms with Gasteiger partial charge in [-0.15, -0.1) is 0 Å². The van der Waals surface area contributed by atoms with Gasteiger partial charge in [-0.1, -0.05) is 6.42 Å². The topological polar surface area (TPSA) is 88.6 Å². The Kier molecular flexibility index (Phi) is 4.42. The van der Waals surface area contributed by atoms with Gasteiger partial charge in [0.15, 0.2) is 0 Å². The molecule has 0 bridgehead atoms. The maximum Gasteiger partial charge on any atom is 0.341 e. The lowest BCUT2D eigenvalue weighted by Crippen LogP contribution is -2.36. The molecule has 27 heavy (non-hydrogen) atoms. The fraction of sp³-hybridized carbons (Fsp3) is 0.500. The predicted molar refractivity (Wildman–Crippen MR) is 102 cm³/mol. The maximum atomic E-state index is 15.1. The van der Waals surface area contributed by atoms with Gasteiger partial charge in [0.1, 0.15) is 11.4 Å².